The monoisotopic (exact) mass is 255 g/mol. The molecule has 0 saturated carbocycles. The van der Waals surface area contributed by atoms with E-state index >= 15 is 0 Å². The average Bonchev–Trinajstić information content (AvgIpc) is 2.41. The molecule has 0 aliphatic rings. The third kappa shape index (κ3) is 1.91. The van der Waals surface area contributed by atoms with Gasteiger partial charge in [0.15, 0.2) is 0 Å². The number of halogens is 1. The second kappa shape index (κ2) is 4.31. The molecule has 0 bridgehead atoms. The van der Waals surface area contributed by atoms with Crippen LogP contribution >= 0.6 is 11.6 Å². The summed E-state index contributed by atoms with van der Waals surface area (Å²) in [6.45, 7) is 0. The summed E-state index contributed by atoms with van der Waals surface area (Å²) in [6.07, 6.45) is 1.74. The lowest BCUT2D eigenvalue weighted by molar-refractivity contribution is 0.477. The molecule has 0 fully saturated rings. The molecule has 3 aromatic rings. The van der Waals surface area contributed by atoms with Crippen molar-refractivity contribution in [3.8, 4) is 16.9 Å². The second-order valence-corrected chi connectivity index (χ2v) is 4.51. The summed E-state index contributed by atoms with van der Waals surface area (Å²) in [6, 6.07) is 14.8. The molecule has 18 heavy (non-hydrogen) atoms. The molecule has 3 heteroatoms. The predicted molar refractivity (Wildman–Crippen MR) is 73.9 cm³/mol. The highest BCUT2D eigenvalue weighted by Gasteiger charge is 2.06. The number of hydrogen-bond acceptors (Lipinski definition) is 2. The summed E-state index contributed by atoms with van der Waals surface area (Å²) in [4.78, 5) is 4.37. The normalized spacial score (nSPS) is 10.7. The van der Waals surface area contributed by atoms with Crippen molar-refractivity contribution < 1.29 is 5.11 Å². The number of phenolic OH excluding ortho intramolecular Hbond substituents is 1. The molecule has 0 aliphatic heterocycles. The van der Waals surface area contributed by atoms with Crippen LogP contribution in [-0.4, -0.2) is 10.1 Å². The summed E-state index contributed by atoms with van der Waals surface area (Å²) in [5, 5.41) is 11.5. The first-order valence-corrected chi connectivity index (χ1v) is 5.95. The van der Waals surface area contributed by atoms with Crippen LogP contribution in [0.2, 0.25) is 5.02 Å². The maximum absolute atomic E-state index is 9.87. The Bertz CT molecular complexity index is 725. The lowest BCUT2D eigenvalue weighted by Crippen LogP contribution is -1.83. The zero-order valence-electron chi connectivity index (χ0n) is 9.47. The largest absolute Gasteiger partial charge is 0.507 e. The summed E-state index contributed by atoms with van der Waals surface area (Å²) >= 11 is 5.95. The van der Waals surface area contributed by atoms with E-state index in [1.54, 1.807) is 24.4 Å². The highest BCUT2D eigenvalue weighted by molar-refractivity contribution is 6.31. The number of aromatic nitrogens is 1. The van der Waals surface area contributed by atoms with E-state index < -0.39 is 0 Å². The van der Waals surface area contributed by atoms with Gasteiger partial charge in [0.1, 0.15) is 5.75 Å². The smallest absolute Gasteiger partial charge is 0.123 e. The molecule has 3 rings (SSSR count). The van der Waals surface area contributed by atoms with Gasteiger partial charge in [-0.3, -0.25) is 4.98 Å². The SMILES string of the molecule is Oc1ccc(Cl)cc1-c1cnc2ccccc2c1. The number of hydrogen-bond donors (Lipinski definition) is 1. The molecule has 0 unspecified atom stereocenters. The van der Waals surface area contributed by atoms with Crippen molar-refractivity contribution in [1.29, 1.82) is 0 Å². The third-order valence-electron chi connectivity index (χ3n) is 2.86. The maximum Gasteiger partial charge on any atom is 0.123 e. The van der Waals surface area contributed by atoms with Crippen molar-refractivity contribution >= 4 is 22.5 Å². The number of para-hydroxylation sites is 1. The van der Waals surface area contributed by atoms with Gasteiger partial charge in [-0.15, -0.1) is 0 Å². The zero-order chi connectivity index (χ0) is 12.5. The van der Waals surface area contributed by atoms with Crippen LogP contribution in [-0.2, 0) is 0 Å². The quantitative estimate of drug-likeness (QED) is 0.705. The Balaban J connectivity index is 2.22. The van der Waals surface area contributed by atoms with E-state index in [1.165, 1.54) is 0 Å². The van der Waals surface area contributed by atoms with Crippen LogP contribution in [0, 0.1) is 0 Å². The molecule has 0 amide bonds. The van der Waals surface area contributed by atoms with E-state index in [2.05, 4.69) is 4.98 Å². The first kappa shape index (κ1) is 11.1. The van der Waals surface area contributed by atoms with Crippen molar-refractivity contribution in [1.82, 2.24) is 4.98 Å². The molecule has 0 atom stereocenters. The van der Waals surface area contributed by atoms with Gasteiger partial charge in [-0.2, -0.15) is 0 Å². The van der Waals surface area contributed by atoms with Gasteiger partial charge in [0.05, 0.1) is 5.52 Å². The molecule has 1 heterocycles. The summed E-state index contributed by atoms with van der Waals surface area (Å²) in [5.74, 6) is 0.205. The van der Waals surface area contributed by atoms with Gasteiger partial charge in [-0.25, -0.2) is 0 Å². The van der Waals surface area contributed by atoms with Gasteiger partial charge in [0, 0.05) is 27.7 Å². The van der Waals surface area contributed by atoms with E-state index in [1.807, 2.05) is 30.3 Å². The molecule has 0 radical (unpaired) electrons. The first-order valence-electron chi connectivity index (χ1n) is 5.58. The first-order chi connectivity index (χ1) is 8.74. The number of aromatic hydroxyl groups is 1. The lowest BCUT2D eigenvalue weighted by atomic mass is 10.0. The van der Waals surface area contributed by atoms with Crippen molar-refractivity contribution in [2.45, 2.75) is 0 Å². The summed E-state index contributed by atoms with van der Waals surface area (Å²) < 4.78 is 0. The van der Waals surface area contributed by atoms with Crippen LogP contribution in [0.1, 0.15) is 0 Å². The molecule has 0 aliphatic carbocycles. The molecule has 2 aromatic carbocycles. The van der Waals surface area contributed by atoms with Crippen LogP contribution in [0.25, 0.3) is 22.0 Å². The third-order valence-corrected chi connectivity index (χ3v) is 3.10. The van der Waals surface area contributed by atoms with Gasteiger partial charge in [0.25, 0.3) is 0 Å². The Morgan fingerprint density at radius 3 is 2.72 bits per heavy atom. The number of nitrogens with zero attached hydrogens (tertiary/aromatic N) is 1. The van der Waals surface area contributed by atoms with Gasteiger partial charge in [0.2, 0.25) is 0 Å². The minimum atomic E-state index is 0.205. The molecule has 1 aromatic heterocycles. The molecule has 2 nitrogen and oxygen atoms in total. The van der Waals surface area contributed by atoms with E-state index in [9.17, 15) is 5.11 Å². The Hall–Kier alpha value is -2.06. The second-order valence-electron chi connectivity index (χ2n) is 4.08. The van der Waals surface area contributed by atoms with Crippen LogP contribution in [0.4, 0.5) is 0 Å². The Morgan fingerprint density at radius 2 is 1.83 bits per heavy atom. The number of rotatable bonds is 1. The maximum atomic E-state index is 9.87. The van der Waals surface area contributed by atoms with E-state index in [0.29, 0.717) is 10.6 Å². The number of pyridine rings is 1. The van der Waals surface area contributed by atoms with Gasteiger partial charge >= 0.3 is 0 Å². The number of phenols is 1. The fourth-order valence-electron chi connectivity index (χ4n) is 1.96. The van der Waals surface area contributed by atoms with E-state index in [0.717, 1.165) is 16.5 Å². The number of benzene rings is 2. The molecule has 0 spiro atoms. The predicted octanol–water partition coefficient (Wildman–Crippen LogP) is 4.26. The zero-order valence-corrected chi connectivity index (χ0v) is 10.2. The highest BCUT2D eigenvalue weighted by atomic mass is 35.5. The Kier molecular flexibility index (Phi) is 2.65. The summed E-state index contributed by atoms with van der Waals surface area (Å²) in [7, 11) is 0. The molecule has 0 saturated heterocycles. The van der Waals surface area contributed by atoms with Crippen molar-refractivity contribution in [3.05, 3.63) is 59.8 Å². The molecule has 1 N–H and O–H groups in total. The topological polar surface area (TPSA) is 33.1 Å². The van der Waals surface area contributed by atoms with Gasteiger partial charge < -0.3 is 5.11 Å². The fraction of sp³-hybridized carbons (Fsp3) is 0. The molecular weight excluding hydrogens is 246 g/mol. The van der Waals surface area contributed by atoms with Crippen molar-refractivity contribution in [2.24, 2.45) is 0 Å². The van der Waals surface area contributed by atoms with E-state index in [4.69, 9.17) is 11.6 Å². The lowest BCUT2D eigenvalue weighted by Gasteiger charge is -2.06. The standard InChI is InChI=1S/C15H10ClNO/c16-12-5-6-15(18)13(8-12)11-7-10-3-1-2-4-14(10)17-9-11/h1-9,18H. The minimum absolute atomic E-state index is 0.205. The van der Waals surface area contributed by atoms with E-state index in [-0.39, 0.29) is 5.75 Å². The average molecular weight is 256 g/mol. The summed E-state index contributed by atoms with van der Waals surface area (Å²) in [5.41, 5.74) is 2.48. The Morgan fingerprint density at radius 1 is 1.00 bits per heavy atom. The minimum Gasteiger partial charge on any atom is -0.507 e. The van der Waals surface area contributed by atoms with Crippen molar-refractivity contribution in [2.75, 3.05) is 0 Å². The number of fused-ring (bicyclic) bond motifs is 1. The van der Waals surface area contributed by atoms with Gasteiger partial charge in [-0.05, 0) is 30.3 Å². The van der Waals surface area contributed by atoms with Crippen LogP contribution in [0.5, 0.6) is 5.75 Å². The highest BCUT2D eigenvalue weighted by Crippen LogP contribution is 2.32. The molecular formula is C15H10ClNO. The van der Waals surface area contributed by atoms with Crippen molar-refractivity contribution in [3.63, 3.8) is 0 Å². The van der Waals surface area contributed by atoms with Crippen LogP contribution in [0.3, 0.4) is 0 Å². The van der Waals surface area contributed by atoms with Gasteiger partial charge in [-0.1, -0.05) is 29.8 Å². The van der Waals surface area contributed by atoms with Crippen LogP contribution < -0.4 is 0 Å². The fourth-order valence-corrected chi connectivity index (χ4v) is 2.13. The van der Waals surface area contributed by atoms with Crippen LogP contribution in [0.15, 0.2) is 54.7 Å². The Labute approximate surface area is 109 Å². The molecule has 88 valence electrons.